The van der Waals surface area contributed by atoms with Crippen LogP contribution in [0.1, 0.15) is 16.1 Å². The summed E-state index contributed by atoms with van der Waals surface area (Å²) >= 11 is 0. The number of carbonyl (C=O) groups is 1. The zero-order valence-corrected chi connectivity index (χ0v) is 12.3. The second-order valence-corrected chi connectivity index (χ2v) is 4.42. The van der Waals surface area contributed by atoms with Crippen molar-refractivity contribution in [3.05, 3.63) is 59.2 Å². The Morgan fingerprint density at radius 1 is 1.09 bits per heavy atom. The molecular formula is C16H12F3NO3. The van der Waals surface area contributed by atoms with Gasteiger partial charge in [0.2, 0.25) is 0 Å². The fourth-order valence-corrected chi connectivity index (χ4v) is 1.90. The number of ether oxygens (including phenoxy) is 2. The molecule has 4 nitrogen and oxygen atoms in total. The molecule has 0 fully saturated rings. The van der Waals surface area contributed by atoms with E-state index in [-0.39, 0.29) is 11.3 Å². The number of halogens is 3. The standard InChI is InChI=1S/C16H12F3NO3/c1-22-6-5-9-7-11(18)14(12(19)8-9)15-10(17)3-4-13(20-15)16(21)23-2/h3-8H,1-2H3. The minimum atomic E-state index is -1.02. The van der Waals surface area contributed by atoms with Gasteiger partial charge in [-0.2, -0.15) is 0 Å². The number of carbonyl (C=O) groups excluding carboxylic acids is 1. The summed E-state index contributed by atoms with van der Waals surface area (Å²) in [6, 6.07) is 3.96. The molecule has 120 valence electrons. The van der Waals surface area contributed by atoms with Crippen molar-refractivity contribution in [2.45, 2.75) is 0 Å². The maximum absolute atomic E-state index is 14.2. The van der Waals surface area contributed by atoms with Gasteiger partial charge in [-0.1, -0.05) is 0 Å². The van der Waals surface area contributed by atoms with Gasteiger partial charge in [-0.15, -0.1) is 0 Å². The van der Waals surface area contributed by atoms with Crippen molar-refractivity contribution in [1.82, 2.24) is 4.98 Å². The second-order valence-electron chi connectivity index (χ2n) is 4.42. The number of hydrogen-bond donors (Lipinski definition) is 0. The van der Waals surface area contributed by atoms with E-state index in [2.05, 4.69) is 14.5 Å². The van der Waals surface area contributed by atoms with Crippen LogP contribution in [0.3, 0.4) is 0 Å². The van der Waals surface area contributed by atoms with Gasteiger partial charge in [0.05, 0.1) is 26.0 Å². The van der Waals surface area contributed by atoms with E-state index >= 15 is 0 Å². The summed E-state index contributed by atoms with van der Waals surface area (Å²) in [5.74, 6) is -3.84. The van der Waals surface area contributed by atoms with Crippen LogP contribution in [0.4, 0.5) is 13.2 Å². The van der Waals surface area contributed by atoms with Crippen molar-refractivity contribution in [3.63, 3.8) is 0 Å². The van der Waals surface area contributed by atoms with E-state index in [1.165, 1.54) is 19.4 Å². The highest BCUT2D eigenvalue weighted by Gasteiger charge is 2.20. The fraction of sp³-hybridized carbons (Fsp3) is 0.125. The third-order valence-electron chi connectivity index (χ3n) is 2.94. The molecule has 1 heterocycles. The van der Waals surface area contributed by atoms with E-state index in [0.717, 1.165) is 31.4 Å². The molecule has 0 N–H and O–H groups in total. The number of benzene rings is 1. The number of pyridine rings is 1. The zero-order chi connectivity index (χ0) is 17.0. The SMILES string of the molecule is COC=Cc1cc(F)c(-c2nc(C(=O)OC)ccc2F)c(F)c1. The molecule has 0 aliphatic heterocycles. The molecule has 23 heavy (non-hydrogen) atoms. The lowest BCUT2D eigenvalue weighted by Crippen LogP contribution is -2.07. The Morgan fingerprint density at radius 2 is 1.74 bits per heavy atom. The molecule has 0 saturated carbocycles. The summed E-state index contributed by atoms with van der Waals surface area (Å²) in [5.41, 5.74) is -1.34. The Bertz CT molecular complexity index is 752. The smallest absolute Gasteiger partial charge is 0.356 e. The fourth-order valence-electron chi connectivity index (χ4n) is 1.90. The third kappa shape index (κ3) is 3.50. The number of esters is 1. The molecule has 2 rings (SSSR count). The van der Waals surface area contributed by atoms with Gasteiger partial charge in [0.1, 0.15) is 28.8 Å². The van der Waals surface area contributed by atoms with Crippen LogP contribution in [0, 0.1) is 17.5 Å². The molecule has 0 aliphatic carbocycles. The van der Waals surface area contributed by atoms with E-state index in [0.29, 0.717) is 0 Å². The first-order valence-electron chi connectivity index (χ1n) is 6.41. The Hall–Kier alpha value is -2.83. The largest absolute Gasteiger partial charge is 0.504 e. The van der Waals surface area contributed by atoms with E-state index in [4.69, 9.17) is 0 Å². The molecule has 7 heteroatoms. The summed E-state index contributed by atoms with van der Waals surface area (Å²) in [6.07, 6.45) is 2.58. The lowest BCUT2D eigenvalue weighted by Gasteiger charge is -2.08. The zero-order valence-electron chi connectivity index (χ0n) is 12.3. The minimum Gasteiger partial charge on any atom is -0.504 e. The molecular weight excluding hydrogens is 311 g/mol. The quantitative estimate of drug-likeness (QED) is 0.637. The topological polar surface area (TPSA) is 48.4 Å². The van der Waals surface area contributed by atoms with Crippen LogP contribution < -0.4 is 0 Å². The van der Waals surface area contributed by atoms with Crippen LogP contribution in [-0.2, 0) is 9.47 Å². The Morgan fingerprint density at radius 3 is 2.30 bits per heavy atom. The predicted molar refractivity (Wildman–Crippen MR) is 76.9 cm³/mol. The molecule has 0 radical (unpaired) electrons. The van der Waals surface area contributed by atoms with Gasteiger partial charge in [0, 0.05) is 0 Å². The highest BCUT2D eigenvalue weighted by Crippen LogP contribution is 2.28. The molecule has 0 spiro atoms. The number of rotatable bonds is 4. The third-order valence-corrected chi connectivity index (χ3v) is 2.94. The van der Waals surface area contributed by atoms with Crippen LogP contribution in [-0.4, -0.2) is 25.2 Å². The van der Waals surface area contributed by atoms with Crippen LogP contribution in [0.25, 0.3) is 17.3 Å². The number of aromatic nitrogens is 1. The second kappa shape index (κ2) is 6.95. The molecule has 1 aromatic carbocycles. The van der Waals surface area contributed by atoms with Gasteiger partial charge in [-0.25, -0.2) is 22.9 Å². The Kier molecular flexibility index (Phi) is 5.00. The van der Waals surface area contributed by atoms with Gasteiger partial charge in [-0.3, -0.25) is 0 Å². The van der Waals surface area contributed by atoms with Crippen molar-refractivity contribution < 1.29 is 27.4 Å². The number of nitrogens with zero attached hydrogens (tertiary/aromatic N) is 1. The molecule has 2 aromatic rings. The van der Waals surface area contributed by atoms with Crippen LogP contribution in [0.15, 0.2) is 30.5 Å². The number of methoxy groups -OCH3 is 2. The van der Waals surface area contributed by atoms with Crippen LogP contribution in [0.2, 0.25) is 0 Å². The van der Waals surface area contributed by atoms with Gasteiger partial charge in [0.15, 0.2) is 0 Å². The molecule has 0 unspecified atom stereocenters. The monoisotopic (exact) mass is 323 g/mol. The molecule has 0 aliphatic rings. The summed E-state index contributed by atoms with van der Waals surface area (Å²) < 4.78 is 51.4. The minimum absolute atomic E-state index is 0.190. The van der Waals surface area contributed by atoms with Crippen molar-refractivity contribution >= 4 is 12.0 Å². The summed E-state index contributed by atoms with van der Waals surface area (Å²) in [6.45, 7) is 0. The van der Waals surface area contributed by atoms with Crippen molar-refractivity contribution in [2.24, 2.45) is 0 Å². The van der Waals surface area contributed by atoms with E-state index in [1.807, 2.05) is 0 Å². The van der Waals surface area contributed by atoms with Gasteiger partial charge in [-0.05, 0) is 35.9 Å². The predicted octanol–water partition coefficient (Wildman–Crippen LogP) is 3.57. The Labute approximate surface area is 130 Å². The molecule has 0 bridgehead atoms. The van der Waals surface area contributed by atoms with Crippen molar-refractivity contribution in [3.8, 4) is 11.3 Å². The van der Waals surface area contributed by atoms with Gasteiger partial charge >= 0.3 is 5.97 Å². The van der Waals surface area contributed by atoms with E-state index in [9.17, 15) is 18.0 Å². The maximum Gasteiger partial charge on any atom is 0.356 e. The highest BCUT2D eigenvalue weighted by molar-refractivity contribution is 5.88. The summed E-state index contributed by atoms with van der Waals surface area (Å²) in [5, 5.41) is 0. The molecule has 1 aromatic heterocycles. The lowest BCUT2D eigenvalue weighted by atomic mass is 10.1. The average molecular weight is 323 g/mol. The average Bonchev–Trinajstić information content (AvgIpc) is 2.53. The molecule has 0 saturated heterocycles. The normalized spacial score (nSPS) is 10.8. The lowest BCUT2D eigenvalue weighted by molar-refractivity contribution is 0.0594. The van der Waals surface area contributed by atoms with E-state index in [1.54, 1.807) is 0 Å². The molecule has 0 amide bonds. The van der Waals surface area contributed by atoms with Crippen LogP contribution >= 0.6 is 0 Å². The van der Waals surface area contributed by atoms with Gasteiger partial charge in [0.25, 0.3) is 0 Å². The molecule has 0 atom stereocenters. The summed E-state index contributed by atoms with van der Waals surface area (Å²) in [7, 11) is 2.50. The Balaban J connectivity index is 2.58. The first-order chi connectivity index (χ1) is 11.0. The first-order valence-corrected chi connectivity index (χ1v) is 6.41. The maximum atomic E-state index is 14.2. The van der Waals surface area contributed by atoms with Crippen LogP contribution in [0.5, 0.6) is 0 Å². The van der Waals surface area contributed by atoms with Crippen molar-refractivity contribution in [1.29, 1.82) is 0 Å². The van der Waals surface area contributed by atoms with Gasteiger partial charge < -0.3 is 9.47 Å². The number of hydrogen-bond acceptors (Lipinski definition) is 4. The van der Waals surface area contributed by atoms with E-state index < -0.39 is 34.7 Å². The van der Waals surface area contributed by atoms with Crippen molar-refractivity contribution in [2.75, 3.05) is 14.2 Å². The summed E-state index contributed by atoms with van der Waals surface area (Å²) in [4.78, 5) is 15.1. The first kappa shape index (κ1) is 16.5. The highest BCUT2D eigenvalue weighted by atomic mass is 19.1.